The Morgan fingerprint density at radius 1 is 1.47 bits per heavy atom. The van der Waals surface area contributed by atoms with Crippen LogP contribution in [-0.2, 0) is 11.3 Å². The van der Waals surface area contributed by atoms with E-state index in [1.807, 2.05) is 0 Å². The van der Waals surface area contributed by atoms with E-state index in [0.29, 0.717) is 11.6 Å². The molecule has 0 aliphatic carbocycles. The molecule has 0 aliphatic rings. The van der Waals surface area contributed by atoms with Gasteiger partial charge in [-0.1, -0.05) is 23.7 Å². The van der Waals surface area contributed by atoms with Gasteiger partial charge in [-0.05, 0) is 17.7 Å². The summed E-state index contributed by atoms with van der Waals surface area (Å²) < 4.78 is 14.6. The Labute approximate surface area is 119 Å². The highest BCUT2D eigenvalue weighted by atomic mass is 35.5. The van der Waals surface area contributed by atoms with Gasteiger partial charge in [-0.15, -0.1) is 11.6 Å². The van der Waals surface area contributed by atoms with Crippen molar-refractivity contribution in [3.63, 3.8) is 0 Å². The smallest absolute Gasteiger partial charge is 0.240 e. The minimum absolute atomic E-state index is 0.174. The minimum Gasteiger partial charge on any atom is -0.307 e. The molecular formula is C12H10Cl2FN3O. The number of amides is 1. The van der Waals surface area contributed by atoms with Crippen molar-refractivity contribution in [1.29, 1.82) is 0 Å². The van der Waals surface area contributed by atoms with E-state index in [-0.39, 0.29) is 23.4 Å². The summed E-state index contributed by atoms with van der Waals surface area (Å²) in [4.78, 5) is 11.1. The highest BCUT2D eigenvalue weighted by Gasteiger charge is 2.10. The van der Waals surface area contributed by atoms with Crippen LogP contribution >= 0.6 is 23.2 Å². The summed E-state index contributed by atoms with van der Waals surface area (Å²) in [6.07, 6.45) is 1.55. The summed E-state index contributed by atoms with van der Waals surface area (Å²) in [5, 5.41) is 6.86. The number of rotatable bonds is 4. The number of aromatic nitrogens is 2. The summed E-state index contributed by atoms with van der Waals surface area (Å²) in [7, 11) is 0. The van der Waals surface area contributed by atoms with Gasteiger partial charge in [0.15, 0.2) is 5.82 Å². The van der Waals surface area contributed by atoms with Crippen LogP contribution < -0.4 is 5.32 Å². The van der Waals surface area contributed by atoms with Crippen LogP contribution in [0.25, 0.3) is 0 Å². The fraction of sp³-hybridized carbons (Fsp3) is 0.167. The first-order valence-electron chi connectivity index (χ1n) is 5.41. The van der Waals surface area contributed by atoms with Gasteiger partial charge in [0.05, 0.1) is 6.54 Å². The molecule has 0 aliphatic heterocycles. The Bertz CT molecular complexity index is 600. The molecule has 0 bridgehead atoms. The van der Waals surface area contributed by atoms with Crippen molar-refractivity contribution in [2.45, 2.75) is 6.54 Å². The first-order valence-corrected chi connectivity index (χ1v) is 6.33. The molecule has 7 heteroatoms. The number of hydrogen-bond donors (Lipinski definition) is 1. The zero-order valence-corrected chi connectivity index (χ0v) is 11.2. The molecule has 0 atom stereocenters. The Balaban J connectivity index is 2.14. The van der Waals surface area contributed by atoms with E-state index in [9.17, 15) is 9.18 Å². The summed E-state index contributed by atoms with van der Waals surface area (Å²) in [5.74, 6) is -0.637. The lowest BCUT2D eigenvalue weighted by molar-refractivity contribution is -0.113. The van der Waals surface area contributed by atoms with E-state index in [1.54, 1.807) is 18.3 Å². The Hall–Kier alpha value is -1.59. The van der Waals surface area contributed by atoms with Crippen molar-refractivity contribution in [1.82, 2.24) is 9.78 Å². The second kappa shape index (κ2) is 6.04. The molecule has 100 valence electrons. The van der Waals surface area contributed by atoms with Crippen molar-refractivity contribution in [2.75, 3.05) is 11.2 Å². The lowest BCUT2D eigenvalue weighted by atomic mass is 10.2. The fourth-order valence-electron chi connectivity index (χ4n) is 1.55. The number of carbonyl (C=O) groups is 1. The van der Waals surface area contributed by atoms with Gasteiger partial charge < -0.3 is 5.32 Å². The quantitative estimate of drug-likeness (QED) is 0.883. The molecule has 0 saturated carbocycles. The molecule has 0 saturated heterocycles. The molecule has 4 nitrogen and oxygen atoms in total. The highest BCUT2D eigenvalue weighted by molar-refractivity contribution is 6.34. The number of alkyl halides is 1. The van der Waals surface area contributed by atoms with Crippen LogP contribution in [0.15, 0.2) is 30.5 Å². The Morgan fingerprint density at radius 2 is 2.26 bits per heavy atom. The monoisotopic (exact) mass is 301 g/mol. The van der Waals surface area contributed by atoms with Gasteiger partial charge in [-0.3, -0.25) is 9.48 Å². The normalized spacial score (nSPS) is 10.5. The molecule has 2 rings (SSSR count). The second-order valence-electron chi connectivity index (χ2n) is 3.83. The van der Waals surface area contributed by atoms with Crippen LogP contribution in [0.3, 0.4) is 0 Å². The maximum Gasteiger partial charge on any atom is 0.240 e. The third-order valence-electron chi connectivity index (χ3n) is 2.33. The van der Waals surface area contributed by atoms with E-state index in [1.165, 1.54) is 16.8 Å². The SMILES string of the molecule is O=C(CCl)Nc1nn(Cc2cccc(F)c2)cc1Cl. The number of anilines is 1. The van der Waals surface area contributed by atoms with Crippen LogP contribution in [0.5, 0.6) is 0 Å². The number of nitrogens with one attached hydrogen (secondary N) is 1. The lowest BCUT2D eigenvalue weighted by Gasteiger charge is -2.02. The predicted octanol–water partition coefficient (Wildman–Crippen LogP) is 2.90. The number of carbonyl (C=O) groups excluding carboxylic acids is 1. The van der Waals surface area contributed by atoms with E-state index >= 15 is 0 Å². The average molecular weight is 302 g/mol. The number of benzene rings is 1. The zero-order valence-electron chi connectivity index (χ0n) is 9.74. The molecule has 19 heavy (non-hydrogen) atoms. The molecule has 0 radical (unpaired) electrons. The summed E-state index contributed by atoms with van der Waals surface area (Å²) in [5.41, 5.74) is 0.745. The van der Waals surface area contributed by atoms with Crippen molar-refractivity contribution in [2.24, 2.45) is 0 Å². The molecule has 1 N–H and O–H groups in total. The van der Waals surface area contributed by atoms with E-state index < -0.39 is 0 Å². The predicted molar refractivity (Wildman–Crippen MR) is 72.1 cm³/mol. The fourth-order valence-corrected chi connectivity index (χ4v) is 1.82. The number of halogens is 3. The molecule has 1 aromatic carbocycles. The molecule has 0 spiro atoms. The van der Waals surface area contributed by atoms with E-state index in [2.05, 4.69) is 10.4 Å². The van der Waals surface area contributed by atoms with Gasteiger partial charge >= 0.3 is 0 Å². The van der Waals surface area contributed by atoms with Crippen LogP contribution in [-0.4, -0.2) is 21.6 Å². The second-order valence-corrected chi connectivity index (χ2v) is 4.51. The largest absolute Gasteiger partial charge is 0.307 e. The number of hydrogen-bond acceptors (Lipinski definition) is 2. The standard InChI is InChI=1S/C12H10Cl2FN3O/c13-5-11(19)16-12-10(14)7-18(17-12)6-8-2-1-3-9(15)4-8/h1-4,7H,5-6H2,(H,16,17,19). The lowest BCUT2D eigenvalue weighted by Crippen LogP contribution is -2.13. The van der Waals surface area contributed by atoms with Crippen LogP contribution in [0.4, 0.5) is 10.2 Å². The highest BCUT2D eigenvalue weighted by Crippen LogP contribution is 2.20. The molecule has 1 amide bonds. The van der Waals surface area contributed by atoms with Crippen LogP contribution in [0.2, 0.25) is 5.02 Å². The molecule has 1 aromatic heterocycles. The van der Waals surface area contributed by atoms with Gasteiger partial charge in [0, 0.05) is 6.20 Å². The van der Waals surface area contributed by atoms with Crippen molar-refractivity contribution < 1.29 is 9.18 Å². The van der Waals surface area contributed by atoms with Crippen LogP contribution in [0.1, 0.15) is 5.56 Å². The molecule has 2 aromatic rings. The van der Waals surface area contributed by atoms with Crippen molar-refractivity contribution >= 4 is 34.9 Å². The van der Waals surface area contributed by atoms with E-state index in [0.717, 1.165) is 5.56 Å². The zero-order chi connectivity index (χ0) is 13.8. The van der Waals surface area contributed by atoms with Gasteiger partial charge in [0.1, 0.15) is 16.7 Å². The van der Waals surface area contributed by atoms with Crippen molar-refractivity contribution in [3.8, 4) is 0 Å². The van der Waals surface area contributed by atoms with Gasteiger partial charge in [-0.25, -0.2) is 4.39 Å². The summed E-state index contributed by atoms with van der Waals surface area (Å²) >= 11 is 11.3. The third kappa shape index (κ3) is 3.68. The number of nitrogens with zero attached hydrogens (tertiary/aromatic N) is 2. The molecule has 1 heterocycles. The maximum atomic E-state index is 13.0. The molecule has 0 unspecified atom stereocenters. The van der Waals surface area contributed by atoms with E-state index in [4.69, 9.17) is 23.2 Å². The van der Waals surface area contributed by atoms with Gasteiger partial charge in [0.25, 0.3) is 0 Å². The molecular weight excluding hydrogens is 292 g/mol. The Morgan fingerprint density at radius 3 is 2.95 bits per heavy atom. The summed E-state index contributed by atoms with van der Waals surface area (Å²) in [6.45, 7) is 0.355. The molecule has 0 fully saturated rings. The Kier molecular flexibility index (Phi) is 4.39. The maximum absolute atomic E-state index is 13.0. The van der Waals surface area contributed by atoms with Gasteiger partial charge in [0.2, 0.25) is 5.91 Å². The van der Waals surface area contributed by atoms with Crippen LogP contribution in [0, 0.1) is 5.82 Å². The average Bonchev–Trinajstić information content (AvgIpc) is 2.69. The topological polar surface area (TPSA) is 46.9 Å². The summed E-state index contributed by atoms with van der Waals surface area (Å²) in [6, 6.07) is 6.17. The first kappa shape index (κ1) is 13.8. The van der Waals surface area contributed by atoms with Gasteiger partial charge in [-0.2, -0.15) is 5.10 Å². The van der Waals surface area contributed by atoms with Crippen molar-refractivity contribution in [3.05, 3.63) is 46.9 Å². The first-order chi connectivity index (χ1) is 9.08. The third-order valence-corrected chi connectivity index (χ3v) is 2.85. The minimum atomic E-state index is -0.389.